The van der Waals surface area contributed by atoms with Crippen molar-refractivity contribution in [3.8, 4) is 11.5 Å². The molecule has 4 aromatic rings. The van der Waals surface area contributed by atoms with Crippen molar-refractivity contribution in [2.24, 2.45) is 0 Å². The number of ether oxygens (including phenoxy) is 2. The first-order valence-corrected chi connectivity index (χ1v) is 14.4. The highest BCUT2D eigenvalue weighted by Gasteiger charge is 2.36. The number of fused-ring (bicyclic) bond motifs is 2. The summed E-state index contributed by atoms with van der Waals surface area (Å²) in [6.07, 6.45) is -0.362. The van der Waals surface area contributed by atoms with E-state index in [4.69, 9.17) is 21.1 Å². The summed E-state index contributed by atoms with van der Waals surface area (Å²) < 4.78 is 11.0. The number of benzene rings is 4. The van der Waals surface area contributed by atoms with Crippen molar-refractivity contribution in [2.75, 3.05) is 43.2 Å². The van der Waals surface area contributed by atoms with E-state index < -0.39 is 0 Å². The highest BCUT2D eigenvalue weighted by atomic mass is 35.5. The summed E-state index contributed by atoms with van der Waals surface area (Å²) in [5, 5.41) is 4.25. The Morgan fingerprint density at radius 3 is 2.40 bits per heavy atom. The molecule has 3 aliphatic rings. The van der Waals surface area contributed by atoms with Crippen LogP contribution in [0.4, 0.5) is 11.4 Å². The number of amides is 2. The quantitative estimate of drug-likeness (QED) is 0.311. The standard InChI is InChI=1S/C33H29ClN4O4/c34-27-7-3-4-8-28(27)36-15-17-37(18-16-36)32(39)23-10-12-24(13-11-23)35-31-25-5-1-2-6-26(25)33(40)38(31)20-22-9-14-29-30(19-22)42-21-41-29/h1-14,19,31,35H,15-18,20-21H2/t31-/m0/s1. The molecule has 0 saturated carbocycles. The van der Waals surface area contributed by atoms with Gasteiger partial charge < -0.3 is 29.5 Å². The van der Waals surface area contributed by atoms with Gasteiger partial charge in [-0.3, -0.25) is 9.59 Å². The molecule has 0 spiro atoms. The Hall–Kier alpha value is -4.69. The molecule has 0 aliphatic carbocycles. The molecule has 0 unspecified atom stereocenters. The maximum atomic E-state index is 13.5. The second-order valence-corrected chi connectivity index (χ2v) is 11.0. The fourth-order valence-corrected chi connectivity index (χ4v) is 6.09. The van der Waals surface area contributed by atoms with Crippen LogP contribution in [0.5, 0.6) is 11.5 Å². The van der Waals surface area contributed by atoms with E-state index in [1.807, 2.05) is 101 Å². The second-order valence-electron chi connectivity index (χ2n) is 10.6. The molecule has 1 atom stereocenters. The number of hydrogen-bond donors (Lipinski definition) is 1. The van der Waals surface area contributed by atoms with Gasteiger partial charge >= 0.3 is 0 Å². The molecule has 2 amide bonds. The largest absolute Gasteiger partial charge is 0.454 e. The Kier molecular flexibility index (Phi) is 6.83. The second kappa shape index (κ2) is 10.9. The Morgan fingerprint density at radius 1 is 0.857 bits per heavy atom. The molecule has 0 radical (unpaired) electrons. The van der Waals surface area contributed by atoms with Gasteiger partial charge in [0.15, 0.2) is 11.5 Å². The average molecular weight is 581 g/mol. The number of hydrogen-bond acceptors (Lipinski definition) is 6. The molecule has 9 heteroatoms. The van der Waals surface area contributed by atoms with Gasteiger partial charge in [0.1, 0.15) is 6.17 Å². The molecule has 1 fully saturated rings. The summed E-state index contributed by atoms with van der Waals surface area (Å²) in [6.45, 7) is 3.30. The number of nitrogens with zero attached hydrogens (tertiary/aromatic N) is 3. The van der Waals surface area contributed by atoms with E-state index in [1.165, 1.54) is 0 Å². The Labute approximate surface area is 249 Å². The van der Waals surface area contributed by atoms with E-state index in [9.17, 15) is 9.59 Å². The molecule has 0 bridgehead atoms. The Balaban J connectivity index is 1.05. The molecule has 4 aromatic carbocycles. The van der Waals surface area contributed by atoms with Crippen LogP contribution < -0.4 is 19.7 Å². The molecule has 42 heavy (non-hydrogen) atoms. The fourth-order valence-electron chi connectivity index (χ4n) is 5.83. The van der Waals surface area contributed by atoms with E-state index >= 15 is 0 Å². The summed E-state index contributed by atoms with van der Waals surface area (Å²) in [5.41, 5.74) is 4.99. The van der Waals surface area contributed by atoms with Crippen LogP contribution in [0.25, 0.3) is 0 Å². The lowest BCUT2D eigenvalue weighted by Gasteiger charge is -2.36. The van der Waals surface area contributed by atoms with E-state index in [1.54, 1.807) is 0 Å². The maximum Gasteiger partial charge on any atom is 0.256 e. The first-order valence-electron chi connectivity index (χ1n) is 14.0. The van der Waals surface area contributed by atoms with Crippen molar-refractivity contribution < 1.29 is 19.1 Å². The zero-order valence-electron chi connectivity index (χ0n) is 22.8. The van der Waals surface area contributed by atoms with Crippen LogP contribution in [-0.2, 0) is 6.54 Å². The number of rotatable bonds is 6. The summed E-state index contributed by atoms with van der Waals surface area (Å²) in [4.78, 5) is 32.7. The molecule has 1 saturated heterocycles. The van der Waals surface area contributed by atoms with Gasteiger partial charge in [-0.25, -0.2) is 0 Å². The van der Waals surface area contributed by atoms with Gasteiger partial charge in [-0.15, -0.1) is 0 Å². The lowest BCUT2D eigenvalue weighted by Crippen LogP contribution is -2.48. The highest BCUT2D eigenvalue weighted by molar-refractivity contribution is 6.33. The first-order chi connectivity index (χ1) is 20.5. The SMILES string of the molecule is O=C(c1ccc(N[C@@H]2c3ccccc3C(=O)N2Cc2ccc3c(c2)OCO3)cc1)N1CCN(c2ccccc2Cl)CC1. The van der Waals surface area contributed by atoms with E-state index in [2.05, 4.69) is 10.2 Å². The van der Waals surface area contributed by atoms with Gasteiger partial charge in [0.05, 0.1) is 10.7 Å². The molecular weight excluding hydrogens is 552 g/mol. The Bertz CT molecular complexity index is 1650. The minimum atomic E-state index is -0.362. The van der Waals surface area contributed by atoms with Crippen LogP contribution in [0, 0.1) is 0 Å². The summed E-state index contributed by atoms with van der Waals surface area (Å²) in [7, 11) is 0. The van der Waals surface area contributed by atoms with Crippen molar-refractivity contribution in [3.63, 3.8) is 0 Å². The van der Waals surface area contributed by atoms with Crippen molar-refractivity contribution >= 4 is 34.8 Å². The minimum Gasteiger partial charge on any atom is -0.454 e. The number of nitrogens with one attached hydrogen (secondary N) is 1. The van der Waals surface area contributed by atoms with E-state index in [0.717, 1.165) is 40.6 Å². The van der Waals surface area contributed by atoms with Crippen molar-refractivity contribution in [3.05, 3.63) is 118 Å². The highest BCUT2D eigenvalue weighted by Crippen LogP contribution is 2.38. The van der Waals surface area contributed by atoms with Gasteiger partial charge in [0.2, 0.25) is 6.79 Å². The van der Waals surface area contributed by atoms with Crippen LogP contribution in [0.2, 0.25) is 5.02 Å². The summed E-state index contributed by atoms with van der Waals surface area (Å²) in [5.74, 6) is 1.36. The monoisotopic (exact) mass is 580 g/mol. The van der Waals surface area contributed by atoms with Crippen molar-refractivity contribution in [2.45, 2.75) is 12.7 Å². The van der Waals surface area contributed by atoms with Gasteiger partial charge in [-0.05, 0) is 60.2 Å². The number of para-hydroxylation sites is 1. The van der Waals surface area contributed by atoms with Crippen molar-refractivity contribution in [1.82, 2.24) is 9.80 Å². The molecule has 3 aliphatic heterocycles. The Morgan fingerprint density at radius 2 is 1.60 bits per heavy atom. The number of carbonyl (C=O) groups is 2. The van der Waals surface area contributed by atoms with Crippen LogP contribution in [0.1, 0.15) is 38.0 Å². The lowest BCUT2D eigenvalue weighted by atomic mass is 10.1. The van der Waals surface area contributed by atoms with E-state index in [0.29, 0.717) is 42.3 Å². The number of halogens is 1. The predicted molar refractivity (Wildman–Crippen MR) is 161 cm³/mol. The topological polar surface area (TPSA) is 74.3 Å². The maximum absolute atomic E-state index is 13.5. The molecule has 0 aromatic heterocycles. The van der Waals surface area contributed by atoms with E-state index in [-0.39, 0.29) is 24.8 Å². The fraction of sp³-hybridized carbons (Fsp3) is 0.212. The van der Waals surface area contributed by atoms with Crippen LogP contribution in [0.3, 0.4) is 0 Å². The lowest BCUT2D eigenvalue weighted by molar-refractivity contribution is 0.0726. The minimum absolute atomic E-state index is 0.00573. The third kappa shape index (κ3) is 4.88. The number of carbonyl (C=O) groups excluding carboxylic acids is 2. The normalized spacial score (nSPS) is 17.4. The predicted octanol–water partition coefficient (Wildman–Crippen LogP) is 5.80. The van der Waals surface area contributed by atoms with Crippen LogP contribution >= 0.6 is 11.6 Å². The molecule has 212 valence electrons. The molecule has 8 nitrogen and oxygen atoms in total. The molecule has 7 rings (SSSR count). The number of anilines is 2. The zero-order valence-corrected chi connectivity index (χ0v) is 23.6. The van der Waals surface area contributed by atoms with Gasteiger partial charge in [-0.1, -0.05) is 48.0 Å². The van der Waals surface area contributed by atoms with Gasteiger partial charge in [0, 0.05) is 55.1 Å². The third-order valence-electron chi connectivity index (χ3n) is 8.04. The molecule has 1 N–H and O–H groups in total. The summed E-state index contributed by atoms with van der Waals surface area (Å²) in [6, 6.07) is 28.7. The van der Waals surface area contributed by atoms with Gasteiger partial charge in [0.25, 0.3) is 11.8 Å². The van der Waals surface area contributed by atoms with Crippen molar-refractivity contribution in [1.29, 1.82) is 0 Å². The number of piperazine rings is 1. The summed E-state index contributed by atoms with van der Waals surface area (Å²) >= 11 is 6.37. The zero-order chi connectivity index (χ0) is 28.6. The third-order valence-corrected chi connectivity index (χ3v) is 8.36. The molecular formula is C33H29ClN4O4. The average Bonchev–Trinajstić information content (AvgIpc) is 3.60. The van der Waals surface area contributed by atoms with Gasteiger partial charge in [-0.2, -0.15) is 0 Å². The first kappa shape index (κ1) is 26.2. The molecule has 3 heterocycles. The van der Waals surface area contributed by atoms with Crippen LogP contribution in [-0.4, -0.2) is 54.6 Å². The van der Waals surface area contributed by atoms with Crippen LogP contribution in [0.15, 0.2) is 91.0 Å². The smallest absolute Gasteiger partial charge is 0.256 e.